The normalized spacial score (nSPS) is 12.9. The first-order valence-electron chi connectivity index (χ1n) is 9.58. The molecule has 0 aliphatic carbocycles. The van der Waals surface area contributed by atoms with Gasteiger partial charge in [-0.25, -0.2) is 4.79 Å². The summed E-state index contributed by atoms with van der Waals surface area (Å²) >= 11 is 0. The Kier molecular flexibility index (Phi) is 6.16. The zero-order valence-electron chi connectivity index (χ0n) is 17.9. The molecule has 0 unspecified atom stereocenters. The predicted molar refractivity (Wildman–Crippen MR) is 111 cm³/mol. The average molecular weight is 369 g/mol. The van der Waals surface area contributed by atoms with Crippen LogP contribution in [-0.2, 0) is 16.0 Å². The summed E-state index contributed by atoms with van der Waals surface area (Å²) in [7, 11) is 0. The molecule has 0 aliphatic heterocycles. The molecule has 1 N–H and O–H groups in total. The van der Waals surface area contributed by atoms with E-state index in [1.165, 1.54) is 11.1 Å². The molecule has 3 nitrogen and oxygen atoms in total. The Morgan fingerprint density at radius 1 is 1.00 bits per heavy atom. The fourth-order valence-corrected chi connectivity index (χ4v) is 3.79. The molecule has 0 amide bonds. The van der Waals surface area contributed by atoms with Crippen LogP contribution >= 0.6 is 0 Å². The number of rotatable bonds is 5. The second kappa shape index (κ2) is 7.85. The number of carboxylic acid groups (broad SMARTS) is 1. The third-order valence-electron chi connectivity index (χ3n) is 5.17. The van der Waals surface area contributed by atoms with Gasteiger partial charge >= 0.3 is 5.97 Å². The first-order chi connectivity index (χ1) is 12.5. The van der Waals surface area contributed by atoms with Gasteiger partial charge in [0.25, 0.3) is 0 Å². The summed E-state index contributed by atoms with van der Waals surface area (Å²) in [6.07, 6.45) is -0.0974. The SMILES string of the molecule is CCc1c(C)c(C)c([C@H](OC(C)(C)C)C(=O)O)c(-c2ccc(C)cc2)c1C. The van der Waals surface area contributed by atoms with Crippen LogP contribution in [0.2, 0.25) is 0 Å². The molecule has 2 aromatic carbocycles. The summed E-state index contributed by atoms with van der Waals surface area (Å²) in [5.74, 6) is -0.954. The van der Waals surface area contributed by atoms with Gasteiger partial charge < -0.3 is 9.84 Å². The minimum atomic E-state index is -1.01. The van der Waals surface area contributed by atoms with E-state index in [9.17, 15) is 9.90 Å². The van der Waals surface area contributed by atoms with E-state index in [1.54, 1.807) is 0 Å². The Labute approximate surface area is 163 Å². The van der Waals surface area contributed by atoms with Gasteiger partial charge in [0.15, 0.2) is 6.10 Å². The number of benzene rings is 2. The highest BCUT2D eigenvalue weighted by Crippen LogP contribution is 2.41. The molecule has 2 aromatic rings. The minimum absolute atomic E-state index is 0.564. The van der Waals surface area contributed by atoms with Gasteiger partial charge in [-0.2, -0.15) is 0 Å². The van der Waals surface area contributed by atoms with Crippen molar-refractivity contribution >= 4 is 5.97 Å². The van der Waals surface area contributed by atoms with Crippen LogP contribution < -0.4 is 0 Å². The van der Waals surface area contributed by atoms with Crippen molar-refractivity contribution in [1.29, 1.82) is 0 Å². The van der Waals surface area contributed by atoms with Crippen LogP contribution in [0.25, 0.3) is 11.1 Å². The zero-order chi connectivity index (χ0) is 20.5. The molecule has 0 aromatic heterocycles. The van der Waals surface area contributed by atoms with Gasteiger partial charge in [0.05, 0.1) is 5.60 Å². The number of hydrogen-bond acceptors (Lipinski definition) is 2. The van der Waals surface area contributed by atoms with Crippen molar-refractivity contribution in [1.82, 2.24) is 0 Å². The largest absolute Gasteiger partial charge is 0.479 e. The van der Waals surface area contributed by atoms with Crippen LogP contribution in [0, 0.1) is 27.7 Å². The smallest absolute Gasteiger partial charge is 0.337 e. The van der Waals surface area contributed by atoms with Crippen LogP contribution in [0.15, 0.2) is 24.3 Å². The van der Waals surface area contributed by atoms with Crippen LogP contribution in [0.5, 0.6) is 0 Å². The number of hydrogen-bond donors (Lipinski definition) is 1. The Bertz CT molecular complexity index is 840. The molecule has 27 heavy (non-hydrogen) atoms. The van der Waals surface area contributed by atoms with E-state index in [1.807, 2.05) is 27.7 Å². The molecule has 0 saturated heterocycles. The molecule has 1 atom stereocenters. The summed E-state index contributed by atoms with van der Waals surface area (Å²) in [6.45, 7) is 16.1. The van der Waals surface area contributed by atoms with Crippen LogP contribution in [0.3, 0.4) is 0 Å². The highest BCUT2D eigenvalue weighted by Gasteiger charge is 2.32. The molecule has 0 fully saturated rings. The summed E-state index contributed by atoms with van der Waals surface area (Å²) in [6, 6.07) is 8.29. The molecule has 0 radical (unpaired) electrons. The highest BCUT2D eigenvalue weighted by atomic mass is 16.5. The summed E-state index contributed by atoms with van der Waals surface area (Å²) < 4.78 is 6.04. The molecule has 0 heterocycles. The topological polar surface area (TPSA) is 46.5 Å². The number of carboxylic acids is 1. The molecule has 2 rings (SSSR count). The van der Waals surface area contributed by atoms with Crippen LogP contribution in [0.1, 0.15) is 67.2 Å². The molecule has 3 heteroatoms. The van der Waals surface area contributed by atoms with Gasteiger partial charge in [0.1, 0.15) is 0 Å². The molecular weight excluding hydrogens is 336 g/mol. The van der Waals surface area contributed by atoms with Gasteiger partial charge in [0, 0.05) is 5.56 Å². The van der Waals surface area contributed by atoms with Crippen LogP contribution in [-0.4, -0.2) is 16.7 Å². The van der Waals surface area contributed by atoms with E-state index in [0.717, 1.165) is 39.8 Å². The van der Waals surface area contributed by atoms with E-state index in [-0.39, 0.29) is 0 Å². The van der Waals surface area contributed by atoms with Crippen molar-refractivity contribution in [2.24, 2.45) is 0 Å². The van der Waals surface area contributed by atoms with E-state index in [4.69, 9.17) is 4.74 Å². The highest BCUT2D eigenvalue weighted by molar-refractivity contribution is 5.83. The van der Waals surface area contributed by atoms with Gasteiger partial charge in [0.2, 0.25) is 0 Å². The molecule has 146 valence electrons. The van der Waals surface area contributed by atoms with Gasteiger partial charge in [-0.05, 0) is 88.3 Å². The third kappa shape index (κ3) is 4.41. The van der Waals surface area contributed by atoms with Gasteiger partial charge in [-0.3, -0.25) is 0 Å². The number of ether oxygens (including phenoxy) is 1. The van der Waals surface area contributed by atoms with E-state index >= 15 is 0 Å². The van der Waals surface area contributed by atoms with Crippen LogP contribution in [0.4, 0.5) is 0 Å². The lowest BCUT2D eigenvalue weighted by molar-refractivity contribution is -0.160. The van der Waals surface area contributed by atoms with Crippen molar-refractivity contribution in [2.45, 2.75) is 73.5 Å². The fraction of sp³-hybridized carbons (Fsp3) is 0.458. The average Bonchev–Trinajstić information content (AvgIpc) is 2.57. The summed E-state index contributed by atoms with van der Waals surface area (Å²) in [4.78, 5) is 12.2. The first kappa shape index (κ1) is 21.2. The minimum Gasteiger partial charge on any atom is -0.479 e. The Balaban J connectivity index is 2.89. The monoisotopic (exact) mass is 368 g/mol. The molecular formula is C24H32O3. The standard InChI is InChI=1S/C24H32O3/c1-9-19-15(3)16(4)21(22(23(25)26)27-24(6,7)8)20(17(19)5)18-12-10-14(2)11-13-18/h10-13,22H,9H2,1-8H3,(H,25,26)/t22-/m0/s1. The van der Waals surface area contributed by atoms with Crippen molar-refractivity contribution in [3.05, 3.63) is 57.6 Å². The lowest BCUT2D eigenvalue weighted by atomic mass is 9.82. The quantitative estimate of drug-likeness (QED) is 0.694. The molecule has 0 aliphatic rings. The number of aliphatic carboxylic acids is 1. The zero-order valence-corrected chi connectivity index (χ0v) is 17.9. The van der Waals surface area contributed by atoms with Crippen molar-refractivity contribution in [3.8, 4) is 11.1 Å². The number of aryl methyl sites for hydroxylation is 1. The summed E-state index contributed by atoms with van der Waals surface area (Å²) in [5, 5.41) is 10.0. The maximum absolute atomic E-state index is 12.2. The second-order valence-electron chi connectivity index (χ2n) is 8.31. The lowest BCUT2D eigenvalue weighted by Crippen LogP contribution is -2.28. The van der Waals surface area contributed by atoms with E-state index in [2.05, 4.69) is 52.0 Å². The van der Waals surface area contributed by atoms with Crippen molar-refractivity contribution in [3.63, 3.8) is 0 Å². The number of carbonyl (C=O) groups is 1. The van der Waals surface area contributed by atoms with Gasteiger partial charge in [-0.1, -0.05) is 36.8 Å². The second-order valence-corrected chi connectivity index (χ2v) is 8.31. The van der Waals surface area contributed by atoms with Crippen molar-refractivity contribution < 1.29 is 14.6 Å². The lowest BCUT2D eigenvalue weighted by Gasteiger charge is -2.30. The Morgan fingerprint density at radius 3 is 2.00 bits per heavy atom. The first-order valence-corrected chi connectivity index (χ1v) is 9.58. The third-order valence-corrected chi connectivity index (χ3v) is 5.17. The maximum atomic E-state index is 12.2. The summed E-state index contributed by atoms with van der Waals surface area (Å²) in [5.41, 5.74) is 8.00. The van der Waals surface area contributed by atoms with Gasteiger partial charge in [-0.15, -0.1) is 0 Å². The maximum Gasteiger partial charge on any atom is 0.337 e. The Hall–Kier alpha value is -2.13. The van der Waals surface area contributed by atoms with E-state index in [0.29, 0.717) is 0 Å². The van der Waals surface area contributed by atoms with Crippen molar-refractivity contribution in [2.75, 3.05) is 0 Å². The predicted octanol–water partition coefficient (Wildman–Crippen LogP) is 6.09. The molecule has 0 bridgehead atoms. The molecule has 0 saturated carbocycles. The fourth-order valence-electron chi connectivity index (χ4n) is 3.79. The molecule has 0 spiro atoms. The van der Waals surface area contributed by atoms with E-state index < -0.39 is 17.7 Å². The Morgan fingerprint density at radius 2 is 1.56 bits per heavy atom.